The molecule has 1 atom stereocenters. The molecule has 5 nitrogen and oxygen atoms in total. The van der Waals surface area contributed by atoms with Gasteiger partial charge in [-0.3, -0.25) is 0 Å². The molecule has 30 heavy (non-hydrogen) atoms. The summed E-state index contributed by atoms with van der Waals surface area (Å²) in [6, 6.07) is 19.1. The van der Waals surface area contributed by atoms with Crippen molar-refractivity contribution in [2.45, 2.75) is 12.5 Å². The van der Waals surface area contributed by atoms with E-state index in [0.717, 1.165) is 17.5 Å². The summed E-state index contributed by atoms with van der Waals surface area (Å²) in [5.41, 5.74) is 3.72. The fourth-order valence-corrected chi connectivity index (χ4v) is 3.90. The Morgan fingerprint density at radius 1 is 1.00 bits per heavy atom. The highest BCUT2D eigenvalue weighted by Gasteiger charge is 2.32. The highest BCUT2D eigenvalue weighted by Crippen LogP contribution is 2.36. The number of rotatable bonds is 4. The van der Waals surface area contributed by atoms with Gasteiger partial charge in [0.1, 0.15) is 5.82 Å². The number of anilines is 1. The lowest BCUT2D eigenvalue weighted by atomic mass is 9.88. The van der Waals surface area contributed by atoms with Crippen LogP contribution in [-0.4, -0.2) is 31.7 Å². The Labute approximate surface area is 175 Å². The summed E-state index contributed by atoms with van der Waals surface area (Å²) in [6.45, 7) is 0.554. The SMILES string of the molecule is COc1ccc(NC(=O)N2CCc3ccccc3[C@H]2c2ccc(F)cc2)cc1OC. The molecule has 3 aromatic carbocycles. The van der Waals surface area contributed by atoms with E-state index in [9.17, 15) is 9.18 Å². The zero-order valence-corrected chi connectivity index (χ0v) is 16.9. The second-order valence-electron chi connectivity index (χ2n) is 7.10. The Bertz CT molecular complexity index is 1050. The van der Waals surface area contributed by atoms with Gasteiger partial charge in [0.25, 0.3) is 0 Å². The first kappa shape index (κ1) is 19.8. The molecule has 0 bridgehead atoms. The molecule has 0 radical (unpaired) electrons. The molecule has 0 aliphatic carbocycles. The molecule has 1 aliphatic heterocycles. The summed E-state index contributed by atoms with van der Waals surface area (Å²) in [6.07, 6.45) is 0.757. The van der Waals surface area contributed by atoms with E-state index in [0.29, 0.717) is 23.7 Å². The van der Waals surface area contributed by atoms with Crippen LogP contribution in [0.5, 0.6) is 11.5 Å². The quantitative estimate of drug-likeness (QED) is 0.662. The van der Waals surface area contributed by atoms with Crippen molar-refractivity contribution in [3.63, 3.8) is 0 Å². The molecular weight excluding hydrogens is 383 g/mol. The minimum Gasteiger partial charge on any atom is -0.493 e. The van der Waals surface area contributed by atoms with E-state index in [2.05, 4.69) is 11.4 Å². The summed E-state index contributed by atoms with van der Waals surface area (Å²) in [5, 5.41) is 2.96. The number of nitrogens with one attached hydrogen (secondary N) is 1. The normalized spacial score (nSPS) is 15.3. The zero-order valence-electron chi connectivity index (χ0n) is 16.9. The Balaban J connectivity index is 1.66. The van der Waals surface area contributed by atoms with Gasteiger partial charge in [-0.2, -0.15) is 0 Å². The van der Waals surface area contributed by atoms with Crippen molar-refractivity contribution in [1.29, 1.82) is 0 Å². The van der Waals surface area contributed by atoms with Gasteiger partial charge in [-0.25, -0.2) is 9.18 Å². The van der Waals surface area contributed by atoms with Gasteiger partial charge in [0.2, 0.25) is 0 Å². The highest BCUT2D eigenvalue weighted by molar-refractivity contribution is 5.90. The maximum atomic E-state index is 13.5. The zero-order chi connectivity index (χ0) is 21.1. The lowest BCUT2D eigenvalue weighted by Crippen LogP contribution is -2.43. The van der Waals surface area contributed by atoms with Crippen molar-refractivity contribution in [2.75, 3.05) is 26.1 Å². The molecule has 0 spiro atoms. The summed E-state index contributed by atoms with van der Waals surface area (Å²) in [7, 11) is 3.12. The number of fused-ring (bicyclic) bond motifs is 1. The number of nitrogens with zero attached hydrogens (tertiary/aromatic N) is 1. The van der Waals surface area contributed by atoms with Gasteiger partial charge < -0.3 is 19.7 Å². The minimum absolute atomic E-state index is 0.231. The molecule has 4 rings (SSSR count). The van der Waals surface area contributed by atoms with Gasteiger partial charge in [0.15, 0.2) is 11.5 Å². The second kappa shape index (κ2) is 8.45. The van der Waals surface area contributed by atoms with Crippen molar-refractivity contribution in [3.8, 4) is 11.5 Å². The van der Waals surface area contributed by atoms with Crippen LogP contribution in [0.2, 0.25) is 0 Å². The van der Waals surface area contributed by atoms with Crippen molar-refractivity contribution >= 4 is 11.7 Å². The number of amides is 2. The molecule has 2 amide bonds. The fourth-order valence-electron chi connectivity index (χ4n) is 3.90. The number of carbonyl (C=O) groups excluding carboxylic acids is 1. The molecule has 154 valence electrons. The molecular formula is C24H23FN2O3. The molecule has 1 aliphatic rings. The van der Waals surface area contributed by atoms with E-state index in [1.807, 2.05) is 18.2 Å². The maximum absolute atomic E-state index is 13.5. The monoisotopic (exact) mass is 406 g/mol. The highest BCUT2D eigenvalue weighted by atomic mass is 19.1. The molecule has 6 heteroatoms. The van der Waals surface area contributed by atoms with Gasteiger partial charge in [-0.05, 0) is 47.4 Å². The molecule has 0 saturated heterocycles. The molecule has 0 fully saturated rings. The van der Waals surface area contributed by atoms with Gasteiger partial charge in [0.05, 0.1) is 20.3 Å². The first-order valence-corrected chi connectivity index (χ1v) is 9.73. The maximum Gasteiger partial charge on any atom is 0.322 e. The Kier molecular flexibility index (Phi) is 5.57. The first-order chi connectivity index (χ1) is 14.6. The van der Waals surface area contributed by atoms with Gasteiger partial charge >= 0.3 is 6.03 Å². The molecule has 0 aromatic heterocycles. The van der Waals surface area contributed by atoms with E-state index in [1.54, 1.807) is 49.5 Å². The van der Waals surface area contributed by atoms with E-state index in [1.165, 1.54) is 17.7 Å². The number of methoxy groups -OCH3 is 2. The minimum atomic E-state index is -0.302. The number of carbonyl (C=O) groups is 1. The number of hydrogen-bond acceptors (Lipinski definition) is 3. The largest absolute Gasteiger partial charge is 0.493 e. The van der Waals surface area contributed by atoms with Crippen LogP contribution in [0.25, 0.3) is 0 Å². The predicted octanol–water partition coefficient (Wildman–Crippen LogP) is 5.02. The Hall–Kier alpha value is -3.54. The third kappa shape index (κ3) is 3.81. The van der Waals surface area contributed by atoms with Gasteiger partial charge in [0, 0.05) is 18.3 Å². The third-order valence-corrected chi connectivity index (χ3v) is 5.36. The van der Waals surface area contributed by atoms with Crippen LogP contribution < -0.4 is 14.8 Å². The van der Waals surface area contributed by atoms with Crippen molar-refractivity contribution in [3.05, 3.63) is 89.2 Å². The van der Waals surface area contributed by atoms with Crippen LogP contribution in [0.15, 0.2) is 66.7 Å². The van der Waals surface area contributed by atoms with Crippen molar-refractivity contribution in [1.82, 2.24) is 4.90 Å². The second-order valence-corrected chi connectivity index (χ2v) is 7.10. The number of benzene rings is 3. The molecule has 3 aromatic rings. The average molecular weight is 406 g/mol. The Morgan fingerprint density at radius 2 is 1.73 bits per heavy atom. The first-order valence-electron chi connectivity index (χ1n) is 9.73. The fraction of sp³-hybridized carbons (Fsp3) is 0.208. The third-order valence-electron chi connectivity index (χ3n) is 5.36. The average Bonchev–Trinajstić information content (AvgIpc) is 2.78. The van der Waals surface area contributed by atoms with E-state index in [-0.39, 0.29) is 17.9 Å². The molecule has 0 saturated carbocycles. The molecule has 1 N–H and O–H groups in total. The van der Waals surface area contributed by atoms with E-state index >= 15 is 0 Å². The number of halogens is 1. The lowest BCUT2D eigenvalue weighted by Gasteiger charge is -2.37. The van der Waals surface area contributed by atoms with Crippen LogP contribution in [-0.2, 0) is 6.42 Å². The van der Waals surface area contributed by atoms with Crippen LogP contribution in [0.4, 0.5) is 14.9 Å². The molecule has 0 unspecified atom stereocenters. The molecule has 1 heterocycles. The topological polar surface area (TPSA) is 50.8 Å². The van der Waals surface area contributed by atoms with Crippen molar-refractivity contribution < 1.29 is 18.7 Å². The lowest BCUT2D eigenvalue weighted by molar-refractivity contribution is 0.194. The standard InChI is InChI=1S/C24H23FN2O3/c1-29-21-12-11-19(15-22(21)30-2)26-24(28)27-14-13-16-5-3-4-6-20(16)23(27)17-7-9-18(25)10-8-17/h3-12,15,23H,13-14H2,1-2H3,(H,26,28)/t23-/m1/s1. The van der Waals surface area contributed by atoms with E-state index in [4.69, 9.17) is 9.47 Å². The summed E-state index contributed by atoms with van der Waals surface area (Å²) in [5.74, 6) is 0.824. The van der Waals surface area contributed by atoms with Crippen LogP contribution >= 0.6 is 0 Å². The van der Waals surface area contributed by atoms with Gasteiger partial charge in [-0.1, -0.05) is 36.4 Å². The number of urea groups is 1. The summed E-state index contributed by atoms with van der Waals surface area (Å²) < 4.78 is 24.1. The van der Waals surface area contributed by atoms with Crippen molar-refractivity contribution in [2.24, 2.45) is 0 Å². The Morgan fingerprint density at radius 3 is 2.47 bits per heavy atom. The predicted molar refractivity (Wildman–Crippen MR) is 114 cm³/mol. The summed E-state index contributed by atoms with van der Waals surface area (Å²) >= 11 is 0. The van der Waals surface area contributed by atoms with Gasteiger partial charge in [-0.15, -0.1) is 0 Å². The smallest absolute Gasteiger partial charge is 0.322 e. The summed E-state index contributed by atoms with van der Waals surface area (Å²) in [4.78, 5) is 15.0. The van der Waals surface area contributed by atoms with E-state index < -0.39 is 0 Å². The number of ether oxygens (including phenoxy) is 2. The van der Waals surface area contributed by atoms with Crippen LogP contribution in [0.1, 0.15) is 22.7 Å². The number of hydrogen-bond donors (Lipinski definition) is 1. The van der Waals surface area contributed by atoms with Crippen LogP contribution in [0.3, 0.4) is 0 Å². The van der Waals surface area contributed by atoms with Crippen LogP contribution in [0, 0.1) is 5.82 Å².